The second kappa shape index (κ2) is 9.88. The van der Waals surface area contributed by atoms with Crippen LogP contribution < -0.4 is 4.74 Å². The summed E-state index contributed by atoms with van der Waals surface area (Å²) in [6, 6.07) is 12.6. The number of rotatable bonds is 8. The van der Waals surface area contributed by atoms with Crippen LogP contribution in [-0.4, -0.2) is 14.8 Å². The molecular weight excluding hydrogens is 433 g/mol. The Bertz CT molecular complexity index is 1040. The molecule has 1 unspecified atom stereocenters. The summed E-state index contributed by atoms with van der Waals surface area (Å²) in [4.78, 5) is 0. The van der Waals surface area contributed by atoms with E-state index in [9.17, 15) is 4.39 Å². The number of ether oxygens (including phenoxy) is 1. The van der Waals surface area contributed by atoms with E-state index in [0.717, 1.165) is 16.5 Å². The molecule has 0 radical (unpaired) electrons. The molecule has 0 saturated carbocycles. The lowest BCUT2D eigenvalue weighted by molar-refractivity contribution is 0.210. The van der Waals surface area contributed by atoms with E-state index >= 15 is 0 Å². The van der Waals surface area contributed by atoms with E-state index in [0.29, 0.717) is 23.1 Å². The summed E-state index contributed by atoms with van der Waals surface area (Å²) in [7, 11) is 0. The predicted molar refractivity (Wildman–Crippen MR) is 125 cm³/mol. The quantitative estimate of drug-likeness (QED) is 0.269. The lowest BCUT2D eigenvalue weighted by atomic mass is 9.87. The monoisotopic (exact) mass is 459 g/mol. The number of allylic oxidation sites excluding steroid dienone is 1. The molecule has 164 valence electrons. The van der Waals surface area contributed by atoms with Crippen LogP contribution in [0.3, 0.4) is 0 Å². The summed E-state index contributed by atoms with van der Waals surface area (Å²) in [6.07, 6.45) is 1.50. The summed E-state index contributed by atoms with van der Waals surface area (Å²) in [6.45, 7) is 12.9. The van der Waals surface area contributed by atoms with Gasteiger partial charge in [0.2, 0.25) is 0 Å². The van der Waals surface area contributed by atoms with Gasteiger partial charge in [-0.3, -0.25) is 4.57 Å². The van der Waals surface area contributed by atoms with Gasteiger partial charge in [-0.25, -0.2) is 4.39 Å². The largest absolute Gasteiger partial charge is 0.483 e. The van der Waals surface area contributed by atoms with Crippen LogP contribution in [0.5, 0.6) is 5.75 Å². The topological polar surface area (TPSA) is 39.9 Å². The van der Waals surface area contributed by atoms with Crippen LogP contribution >= 0.6 is 23.4 Å². The molecule has 0 fully saturated rings. The van der Waals surface area contributed by atoms with Gasteiger partial charge in [0.1, 0.15) is 11.6 Å². The molecule has 1 heterocycles. The van der Waals surface area contributed by atoms with Gasteiger partial charge >= 0.3 is 0 Å². The fourth-order valence-corrected chi connectivity index (χ4v) is 4.35. The summed E-state index contributed by atoms with van der Waals surface area (Å²) < 4.78 is 21.4. The zero-order valence-corrected chi connectivity index (χ0v) is 19.8. The Morgan fingerprint density at radius 2 is 1.90 bits per heavy atom. The zero-order valence-electron chi connectivity index (χ0n) is 18.2. The molecule has 7 heteroatoms. The van der Waals surface area contributed by atoms with Gasteiger partial charge in [-0.1, -0.05) is 68.4 Å². The van der Waals surface area contributed by atoms with Gasteiger partial charge in [-0.05, 0) is 47.7 Å². The Morgan fingerprint density at radius 1 is 1.19 bits per heavy atom. The molecule has 0 spiro atoms. The first kappa shape index (κ1) is 23.4. The van der Waals surface area contributed by atoms with Gasteiger partial charge in [0.25, 0.3) is 0 Å². The smallest absolute Gasteiger partial charge is 0.191 e. The highest BCUT2D eigenvalue weighted by molar-refractivity contribution is 7.98. The van der Waals surface area contributed by atoms with E-state index in [1.165, 1.54) is 29.5 Å². The Balaban J connectivity index is 1.75. The molecule has 1 atom stereocenters. The third-order valence-corrected chi connectivity index (χ3v) is 6.19. The van der Waals surface area contributed by atoms with Crippen molar-refractivity contribution < 1.29 is 9.13 Å². The van der Waals surface area contributed by atoms with Crippen molar-refractivity contribution >= 4 is 23.4 Å². The van der Waals surface area contributed by atoms with Crippen molar-refractivity contribution in [1.29, 1.82) is 0 Å². The maximum absolute atomic E-state index is 13.3. The summed E-state index contributed by atoms with van der Waals surface area (Å²) in [5, 5.41) is 9.83. The predicted octanol–water partition coefficient (Wildman–Crippen LogP) is 6.99. The Hall–Kier alpha value is -2.31. The van der Waals surface area contributed by atoms with Gasteiger partial charge in [0, 0.05) is 17.3 Å². The van der Waals surface area contributed by atoms with Gasteiger partial charge in [-0.15, -0.1) is 16.8 Å². The first-order valence-electron chi connectivity index (χ1n) is 10.1. The molecule has 0 aliphatic heterocycles. The van der Waals surface area contributed by atoms with Crippen LogP contribution in [0.4, 0.5) is 4.39 Å². The maximum atomic E-state index is 13.3. The first-order chi connectivity index (χ1) is 14.7. The number of hydrogen-bond acceptors (Lipinski definition) is 4. The van der Waals surface area contributed by atoms with Crippen LogP contribution in [0.2, 0.25) is 5.02 Å². The molecule has 0 N–H and O–H groups in total. The highest BCUT2D eigenvalue weighted by Gasteiger charge is 2.20. The van der Waals surface area contributed by atoms with E-state index in [1.54, 1.807) is 12.1 Å². The Morgan fingerprint density at radius 3 is 2.52 bits per heavy atom. The second-order valence-electron chi connectivity index (χ2n) is 8.30. The van der Waals surface area contributed by atoms with Crippen molar-refractivity contribution in [3.05, 3.63) is 82.9 Å². The normalized spacial score (nSPS) is 12.6. The number of hydrogen-bond donors (Lipinski definition) is 0. The van der Waals surface area contributed by atoms with Crippen LogP contribution in [-0.2, 0) is 17.7 Å². The van der Waals surface area contributed by atoms with Crippen LogP contribution in [0, 0.1) is 5.82 Å². The van der Waals surface area contributed by atoms with Gasteiger partial charge in [-0.2, -0.15) is 0 Å². The molecule has 1 aromatic heterocycles. The van der Waals surface area contributed by atoms with Gasteiger partial charge in [0.15, 0.2) is 17.1 Å². The lowest BCUT2D eigenvalue weighted by Crippen LogP contribution is -2.13. The van der Waals surface area contributed by atoms with Crippen LogP contribution in [0.1, 0.15) is 50.8 Å². The van der Waals surface area contributed by atoms with Crippen molar-refractivity contribution in [2.24, 2.45) is 0 Å². The average molecular weight is 460 g/mol. The first-order valence-corrected chi connectivity index (χ1v) is 11.4. The third-order valence-electron chi connectivity index (χ3n) is 4.83. The van der Waals surface area contributed by atoms with Crippen molar-refractivity contribution in [3.8, 4) is 5.75 Å². The van der Waals surface area contributed by atoms with E-state index in [1.807, 2.05) is 23.6 Å². The third kappa shape index (κ3) is 5.89. The van der Waals surface area contributed by atoms with E-state index < -0.39 is 0 Å². The van der Waals surface area contributed by atoms with Crippen LogP contribution in [0.25, 0.3) is 0 Å². The van der Waals surface area contributed by atoms with Gasteiger partial charge < -0.3 is 4.74 Å². The minimum atomic E-state index is -0.350. The molecule has 0 saturated heterocycles. The molecule has 0 bridgehead atoms. The molecule has 3 rings (SSSR count). The van der Waals surface area contributed by atoms with E-state index in [-0.39, 0.29) is 17.3 Å². The summed E-state index contributed by atoms with van der Waals surface area (Å²) in [5.41, 5.74) is 2.18. The summed E-state index contributed by atoms with van der Waals surface area (Å²) >= 11 is 7.64. The minimum Gasteiger partial charge on any atom is -0.483 e. The molecule has 0 aliphatic carbocycles. The molecule has 0 amide bonds. The Kier molecular flexibility index (Phi) is 7.44. The highest BCUT2D eigenvalue weighted by Crippen LogP contribution is 2.30. The molecule has 2 aromatic carbocycles. The fraction of sp³-hybridized carbons (Fsp3) is 0.333. The van der Waals surface area contributed by atoms with E-state index in [4.69, 9.17) is 16.3 Å². The number of benzene rings is 2. The molecule has 4 nitrogen and oxygen atoms in total. The zero-order chi connectivity index (χ0) is 22.6. The lowest BCUT2D eigenvalue weighted by Gasteiger charge is -2.20. The number of nitrogens with zero attached hydrogens (tertiary/aromatic N) is 3. The highest BCUT2D eigenvalue weighted by atomic mass is 35.5. The number of halogens is 2. The second-order valence-corrected chi connectivity index (χ2v) is 9.65. The minimum absolute atomic E-state index is 0.0911. The summed E-state index contributed by atoms with van der Waals surface area (Å²) in [5.74, 6) is 1.70. The molecule has 0 aliphatic rings. The SMILES string of the molecule is C=CCn1c(SCc2ccc(F)cc2Cl)nnc1C(C)Oc1ccc(C(C)(C)C)cc1. The van der Waals surface area contributed by atoms with Crippen molar-refractivity contribution in [2.75, 3.05) is 0 Å². The molecular formula is C24H27ClFN3OS. The molecule has 31 heavy (non-hydrogen) atoms. The fourth-order valence-electron chi connectivity index (χ4n) is 3.08. The maximum Gasteiger partial charge on any atom is 0.191 e. The van der Waals surface area contributed by atoms with E-state index in [2.05, 4.69) is 49.7 Å². The Labute approximate surface area is 192 Å². The number of thioether (sulfide) groups is 1. The molecule has 3 aromatic rings. The number of aromatic nitrogens is 3. The van der Waals surface area contributed by atoms with Crippen molar-refractivity contribution in [3.63, 3.8) is 0 Å². The standard InChI is InChI=1S/C24H27ClFN3OS/c1-6-13-29-22(16(2)30-20-11-8-18(9-12-20)24(3,4)5)27-28-23(29)31-15-17-7-10-19(26)14-21(17)25/h6-12,14,16H,1,13,15H2,2-5H3. The van der Waals surface area contributed by atoms with Crippen molar-refractivity contribution in [1.82, 2.24) is 14.8 Å². The van der Waals surface area contributed by atoms with Crippen LogP contribution in [0.15, 0.2) is 60.3 Å². The van der Waals surface area contributed by atoms with Crippen molar-refractivity contribution in [2.45, 2.75) is 56.7 Å². The van der Waals surface area contributed by atoms with Gasteiger partial charge in [0.05, 0.1) is 0 Å². The average Bonchev–Trinajstić information content (AvgIpc) is 3.10.